The molecule has 0 aromatic heterocycles. The van der Waals surface area contributed by atoms with E-state index in [0.717, 1.165) is 4.90 Å². The molecule has 0 aliphatic carbocycles. The number of carbonyl (C=O) groups is 2. The number of nitrogens with zero attached hydrogens (tertiary/aromatic N) is 1. The fourth-order valence-corrected chi connectivity index (χ4v) is 1.46. The second-order valence-corrected chi connectivity index (χ2v) is 3.61. The SMILES string of the molecule is COCCOCCNC1CC(=O)N(C)C1=O. The standard InChI is InChI=1S/C10H18N2O4/c1-12-9(13)7-8(10(12)14)11-3-4-16-6-5-15-2/h8,11H,3-7H2,1-2H3. The lowest BCUT2D eigenvalue weighted by molar-refractivity contribution is -0.137. The number of imide groups is 1. The molecule has 2 amide bonds. The smallest absolute Gasteiger partial charge is 0.246 e. The lowest BCUT2D eigenvalue weighted by Gasteiger charge is -2.10. The number of methoxy groups -OCH3 is 1. The molecule has 1 aliphatic rings. The monoisotopic (exact) mass is 230 g/mol. The summed E-state index contributed by atoms with van der Waals surface area (Å²) in [4.78, 5) is 23.8. The van der Waals surface area contributed by atoms with Crippen molar-refractivity contribution in [2.45, 2.75) is 12.5 Å². The first-order chi connectivity index (χ1) is 7.66. The number of likely N-dealkylation sites (tertiary alicyclic amines) is 1. The van der Waals surface area contributed by atoms with E-state index in [1.165, 1.54) is 7.05 Å². The molecule has 1 atom stereocenters. The van der Waals surface area contributed by atoms with Gasteiger partial charge in [0.25, 0.3) is 0 Å². The van der Waals surface area contributed by atoms with Crippen LogP contribution in [-0.4, -0.2) is 63.3 Å². The first kappa shape index (κ1) is 13.1. The number of hydrogen-bond donors (Lipinski definition) is 1. The van der Waals surface area contributed by atoms with Gasteiger partial charge in [-0.2, -0.15) is 0 Å². The topological polar surface area (TPSA) is 67.9 Å². The summed E-state index contributed by atoms with van der Waals surface area (Å²) in [5, 5.41) is 2.99. The number of ether oxygens (including phenoxy) is 2. The molecule has 6 nitrogen and oxygen atoms in total. The average molecular weight is 230 g/mol. The highest BCUT2D eigenvalue weighted by atomic mass is 16.5. The highest BCUT2D eigenvalue weighted by Crippen LogP contribution is 2.09. The van der Waals surface area contributed by atoms with Crippen molar-refractivity contribution < 1.29 is 19.1 Å². The van der Waals surface area contributed by atoms with Gasteiger partial charge in [0.05, 0.1) is 32.3 Å². The number of carbonyl (C=O) groups excluding carboxylic acids is 2. The van der Waals surface area contributed by atoms with Crippen LogP contribution >= 0.6 is 0 Å². The van der Waals surface area contributed by atoms with Crippen LogP contribution < -0.4 is 5.32 Å². The quantitative estimate of drug-likeness (QED) is 0.448. The number of rotatable bonds is 7. The minimum absolute atomic E-state index is 0.136. The van der Waals surface area contributed by atoms with Gasteiger partial charge in [-0.15, -0.1) is 0 Å². The van der Waals surface area contributed by atoms with Crippen LogP contribution in [0.4, 0.5) is 0 Å². The van der Waals surface area contributed by atoms with Crippen molar-refractivity contribution >= 4 is 11.8 Å². The molecular weight excluding hydrogens is 212 g/mol. The Kier molecular flexibility index (Phi) is 5.37. The van der Waals surface area contributed by atoms with Gasteiger partial charge in [-0.25, -0.2) is 0 Å². The maximum atomic E-state index is 11.5. The summed E-state index contributed by atoms with van der Waals surface area (Å²) in [6.45, 7) is 2.16. The predicted octanol–water partition coefficient (Wildman–Crippen LogP) is -1.00. The van der Waals surface area contributed by atoms with Crippen molar-refractivity contribution in [3.8, 4) is 0 Å². The zero-order valence-corrected chi connectivity index (χ0v) is 9.69. The van der Waals surface area contributed by atoms with Crippen LogP contribution in [0, 0.1) is 0 Å². The molecule has 92 valence electrons. The molecule has 0 aromatic rings. The molecule has 1 fully saturated rings. The molecule has 0 bridgehead atoms. The molecule has 6 heteroatoms. The van der Waals surface area contributed by atoms with E-state index in [4.69, 9.17) is 9.47 Å². The molecule has 0 radical (unpaired) electrons. The summed E-state index contributed by atoms with van der Waals surface area (Å²) < 4.78 is 10.0. The number of likely N-dealkylation sites (N-methyl/N-ethyl adjacent to an activating group) is 1. The molecule has 1 rings (SSSR count). The Labute approximate surface area is 94.9 Å². The molecule has 16 heavy (non-hydrogen) atoms. The van der Waals surface area contributed by atoms with Crippen molar-refractivity contribution in [1.29, 1.82) is 0 Å². The Bertz CT molecular complexity index is 257. The summed E-state index contributed by atoms with van der Waals surface area (Å²) >= 11 is 0. The zero-order chi connectivity index (χ0) is 12.0. The van der Waals surface area contributed by atoms with Crippen LogP contribution in [0.3, 0.4) is 0 Å². The van der Waals surface area contributed by atoms with Gasteiger partial charge in [0.2, 0.25) is 11.8 Å². The van der Waals surface area contributed by atoms with Crippen LogP contribution in [0.15, 0.2) is 0 Å². The molecule has 0 aromatic carbocycles. The van der Waals surface area contributed by atoms with Gasteiger partial charge < -0.3 is 14.8 Å². The van der Waals surface area contributed by atoms with E-state index in [0.29, 0.717) is 26.4 Å². The molecule has 1 N–H and O–H groups in total. The molecular formula is C10H18N2O4. The third-order valence-corrected chi connectivity index (χ3v) is 2.45. The molecule has 0 spiro atoms. The third kappa shape index (κ3) is 3.55. The molecule has 1 heterocycles. The van der Waals surface area contributed by atoms with Crippen molar-refractivity contribution in [2.24, 2.45) is 0 Å². The van der Waals surface area contributed by atoms with E-state index in [9.17, 15) is 9.59 Å². The van der Waals surface area contributed by atoms with E-state index in [1.54, 1.807) is 7.11 Å². The molecule has 1 unspecified atom stereocenters. The van der Waals surface area contributed by atoms with Gasteiger partial charge in [-0.3, -0.25) is 14.5 Å². The first-order valence-electron chi connectivity index (χ1n) is 5.27. The van der Waals surface area contributed by atoms with Crippen molar-refractivity contribution in [3.05, 3.63) is 0 Å². The van der Waals surface area contributed by atoms with Gasteiger partial charge in [0.15, 0.2) is 0 Å². The van der Waals surface area contributed by atoms with E-state index in [1.807, 2.05) is 0 Å². The van der Waals surface area contributed by atoms with Gasteiger partial charge in [0, 0.05) is 20.7 Å². The van der Waals surface area contributed by atoms with Crippen LogP contribution in [0.2, 0.25) is 0 Å². The minimum Gasteiger partial charge on any atom is -0.382 e. The van der Waals surface area contributed by atoms with E-state index >= 15 is 0 Å². The van der Waals surface area contributed by atoms with Gasteiger partial charge in [0.1, 0.15) is 0 Å². The predicted molar refractivity (Wildman–Crippen MR) is 56.9 cm³/mol. The van der Waals surface area contributed by atoms with Crippen molar-refractivity contribution in [1.82, 2.24) is 10.2 Å². The van der Waals surface area contributed by atoms with Gasteiger partial charge >= 0.3 is 0 Å². The van der Waals surface area contributed by atoms with Crippen molar-refractivity contribution in [2.75, 3.05) is 40.5 Å². The fraction of sp³-hybridized carbons (Fsp3) is 0.800. The van der Waals surface area contributed by atoms with Gasteiger partial charge in [-0.05, 0) is 0 Å². The summed E-state index contributed by atoms with van der Waals surface area (Å²) in [5.41, 5.74) is 0. The van der Waals surface area contributed by atoms with Crippen molar-refractivity contribution in [3.63, 3.8) is 0 Å². The Morgan fingerprint density at radius 2 is 2.12 bits per heavy atom. The largest absolute Gasteiger partial charge is 0.382 e. The van der Waals surface area contributed by atoms with E-state index < -0.39 is 0 Å². The second kappa shape index (κ2) is 6.57. The summed E-state index contributed by atoms with van der Waals surface area (Å²) in [6, 6.07) is -0.386. The van der Waals surface area contributed by atoms with E-state index in [2.05, 4.69) is 5.32 Å². The molecule has 0 saturated carbocycles. The molecule has 1 aliphatic heterocycles. The Balaban J connectivity index is 2.10. The Morgan fingerprint density at radius 1 is 1.38 bits per heavy atom. The summed E-state index contributed by atoms with van der Waals surface area (Å²) in [6.07, 6.45) is 0.243. The maximum absolute atomic E-state index is 11.5. The highest BCUT2D eigenvalue weighted by Gasteiger charge is 2.35. The summed E-state index contributed by atoms with van der Waals surface area (Å²) in [5.74, 6) is -0.301. The highest BCUT2D eigenvalue weighted by molar-refractivity contribution is 6.05. The average Bonchev–Trinajstić information content (AvgIpc) is 2.51. The summed E-state index contributed by atoms with van der Waals surface area (Å²) in [7, 11) is 3.11. The number of nitrogens with one attached hydrogen (secondary N) is 1. The Morgan fingerprint density at radius 3 is 2.69 bits per heavy atom. The minimum atomic E-state index is -0.386. The van der Waals surface area contributed by atoms with Gasteiger partial charge in [-0.1, -0.05) is 0 Å². The Hall–Kier alpha value is -0.980. The zero-order valence-electron chi connectivity index (χ0n) is 9.69. The normalized spacial score (nSPS) is 20.9. The first-order valence-corrected chi connectivity index (χ1v) is 5.27. The second-order valence-electron chi connectivity index (χ2n) is 3.61. The van der Waals surface area contributed by atoms with E-state index in [-0.39, 0.29) is 24.3 Å². The maximum Gasteiger partial charge on any atom is 0.246 e. The third-order valence-electron chi connectivity index (χ3n) is 2.45. The lowest BCUT2D eigenvalue weighted by atomic mass is 10.2. The fourth-order valence-electron chi connectivity index (χ4n) is 1.46. The lowest BCUT2D eigenvalue weighted by Crippen LogP contribution is -2.38. The number of hydrogen-bond acceptors (Lipinski definition) is 5. The van der Waals surface area contributed by atoms with Crippen LogP contribution in [0.25, 0.3) is 0 Å². The van der Waals surface area contributed by atoms with Crippen LogP contribution in [0.5, 0.6) is 0 Å². The van der Waals surface area contributed by atoms with Crippen LogP contribution in [-0.2, 0) is 19.1 Å². The number of amides is 2. The van der Waals surface area contributed by atoms with Crippen LogP contribution in [0.1, 0.15) is 6.42 Å². The molecule has 1 saturated heterocycles.